The van der Waals surface area contributed by atoms with Crippen LogP contribution in [-0.4, -0.2) is 30.4 Å². The first kappa shape index (κ1) is 18.3. The predicted molar refractivity (Wildman–Crippen MR) is 109 cm³/mol. The van der Waals surface area contributed by atoms with Crippen LogP contribution >= 0.6 is 22.9 Å². The number of aryl methyl sites for hydroxylation is 2. The van der Waals surface area contributed by atoms with Gasteiger partial charge in [-0.15, -0.1) is 11.3 Å². The second kappa shape index (κ2) is 7.49. The summed E-state index contributed by atoms with van der Waals surface area (Å²) in [4.78, 5) is 30.3. The molecule has 140 valence electrons. The molecule has 1 N–H and O–H groups in total. The maximum Gasteiger partial charge on any atom is 0.268 e. The van der Waals surface area contributed by atoms with Crippen molar-refractivity contribution >= 4 is 34.7 Å². The number of hydrogen-bond acceptors (Lipinski definition) is 6. The molecule has 3 heterocycles. The Morgan fingerprint density at radius 3 is 2.75 bits per heavy atom. The van der Waals surface area contributed by atoms with Crippen LogP contribution in [0.15, 0.2) is 49.1 Å². The van der Waals surface area contributed by atoms with E-state index in [4.69, 9.17) is 11.6 Å². The van der Waals surface area contributed by atoms with Gasteiger partial charge in [0.15, 0.2) is 0 Å². The number of amides is 1. The van der Waals surface area contributed by atoms with Gasteiger partial charge in [0.05, 0.1) is 10.7 Å². The molecule has 0 saturated heterocycles. The van der Waals surface area contributed by atoms with Crippen LogP contribution in [0.4, 0.5) is 5.82 Å². The molecule has 0 unspecified atom stereocenters. The molecule has 7 nitrogen and oxygen atoms in total. The SMILES string of the molecule is Cc1nc(-c2ccccc2Cl)sc1C(=O)Nc1cc(-n2ccnc2C)ncn1. The summed E-state index contributed by atoms with van der Waals surface area (Å²) in [6.07, 6.45) is 4.89. The molecule has 3 aromatic heterocycles. The molecule has 0 aliphatic carbocycles. The van der Waals surface area contributed by atoms with Gasteiger partial charge in [-0.25, -0.2) is 19.9 Å². The van der Waals surface area contributed by atoms with E-state index in [1.807, 2.05) is 29.7 Å². The molecule has 4 aromatic rings. The van der Waals surface area contributed by atoms with Crippen LogP contribution in [0.5, 0.6) is 0 Å². The summed E-state index contributed by atoms with van der Waals surface area (Å²) >= 11 is 7.54. The Morgan fingerprint density at radius 2 is 2.00 bits per heavy atom. The highest BCUT2D eigenvalue weighted by molar-refractivity contribution is 7.17. The van der Waals surface area contributed by atoms with Crippen molar-refractivity contribution < 1.29 is 4.79 Å². The first-order valence-corrected chi connectivity index (χ1v) is 9.58. The van der Waals surface area contributed by atoms with E-state index < -0.39 is 0 Å². The number of imidazole rings is 1. The van der Waals surface area contributed by atoms with Crippen molar-refractivity contribution in [2.75, 3.05) is 5.32 Å². The van der Waals surface area contributed by atoms with E-state index in [1.165, 1.54) is 17.7 Å². The zero-order valence-electron chi connectivity index (χ0n) is 15.0. The first-order chi connectivity index (χ1) is 13.5. The van der Waals surface area contributed by atoms with Gasteiger partial charge in [-0.1, -0.05) is 29.8 Å². The first-order valence-electron chi connectivity index (χ1n) is 8.39. The zero-order chi connectivity index (χ0) is 19.7. The number of halogens is 1. The topological polar surface area (TPSA) is 85.6 Å². The summed E-state index contributed by atoms with van der Waals surface area (Å²) in [6, 6.07) is 9.12. The molecule has 9 heteroatoms. The third kappa shape index (κ3) is 3.51. The van der Waals surface area contributed by atoms with Crippen LogP contribution in [0, 0.1) is 13.8 Å². The van der Waals surface area contributed by atoms with Crippen LogP contribution < -0.4 is 5.32 Å². The fraction of sp³-hybridized carbons (Fsp3) is 0.105. The van der Waals surface area contributed by atoms with Crippen molar-refractivity contribution in [1.82, 2.24) is 24.5 Å². The molecule has 0 atom stereocenters. The van der Waals surface area contributed by atoms with Crippen molar-refractivity contribution in [3.8, 4) is 16.4 Å². The zero-order valence-corrected chi connectivity index (χ0v) is 16.6. The number of benzene rings is 1. The van der Waals surface area contributed by atoms with Gasteiger partial charge in [-0.3, -0.25) is 9.36 Å². The molecular formula is C19H15ClN6OS. The molecule has 0 saturated carbocycles. The van der Waals surface area contributed by atoms with E-state index in [1.54, 1.807) is 31.5 Å². The Kier molecular flexibility index (Phi) is 4.89. The fourth-order valence-corrected chi connectivity index (χ4v) is 3.98. The van der Waals surface area contributed by atoms with Crippen LogP contribution in [0.25, 0.3) is 16.4 Å². The van der Waals surface area contributed by atoms with Crippen molar-refractivity contribution in [2.24, 2.45) is 0 Å². The molecule has 4 rings (SSSR count). The maximum atomic E-state index is 12.8. The van der Waals surface area contributed by atoms with Crippen molar-refractivity contribution in [3.05, 3.63) is 70.5 Å². The number of carbonyl (C=O) groups is 1. The number of nitrogens with zero attached hydrogens (tertiary/aromatic N) is 5. The lowest BCUT2D eigenvalue weighted by Gasteiger charge is -2.07. The lowest BCUT2D eigenvalue weighted by Crippen LogP contribution is -2.13. The number of thiazole rings is 1. The Morgan fingerprint density at radius 1 is 1.18 bits per heavy atom. The van der Waals surface area contributed by atoms with E-state index in [9.17, 15) is 4.79 Å². The molecule has 0 aliphatic rings. The van der Waals surface area contributed by atoms with Crippen molar-refractivity contribution in [2.45, 2.75) is 13.8 Å². The molecule has 0 fully saturated rings. The smallest absolute Gasteiger partial charge is 0.268 e. The summed E-state index contributed by atoms with van der Waals surface area (Å²) in [5.74, 6) is 1.53. The van der Waals surface area contributed by atoms with Gasteiger partial charge in [0.25, 0.3) is 5.91 Å². The van der Waals surface area contributed by atoms with Gasteiger partial charge in [0.1, 0.15) is 33.7 Å². The second-order valence-electron chi connectivity index (χ2n) is 5.97. The predicted octanol–water partition coefficient (Wildman–Crippen LogP) is 4.31. The summed E-state index contributed by atoms with van der Waals surface area (Å²) in [6.45, 7) is 3.67. The highest BCUT2D eigenvalue weighted by Gasteiger charge is 2.18. The lowest BCUT2D eigenvalue weighted by molar-refractivity contribution is 0.102. The largest absolute Gasteiger partial charge is 0.306 e. The summed E-state index contributed by atoms with van der Waals surface area (Å²) in [5.41, 5.74) is 1.44. The fourth-order valence-electron chi connectivity index (χ4n) is 2.70. The number of rotatable bonds is 4. The van der Waals surface area contributed by atoms with Crippen molar-refractivity contribution in [1.29, 1.82) is 0 Å². The lowest BCUT2D eigenvalue weighted by atomic mass is 10.2. The quantitative estimate of drug-likeness (QED) is 0.541. The Balaban J connectivity index is 1.60. The number of anilines is 1. The monoisotopic (exact) mass is 410 g/mol. The third-order valence-electron chi connectivity index (χ3n) is 4.07. The Hall–Kier alpha value is -3.10. The van der Waals surface area contributed by atoms with Gasteiger partial charge < -0.3 is 5.32 Å². The number of carbonyl (C=O) groups excluding carboxylic acids is 1. The maximum absolute atomic E-state index is 12.8. The van der Waals surface area contributed by atoms with Gasteiger partial charge in [-0.2, -0.15) is 0 Å². The minimum atomic E-state index is -0.277. The molecule has 1 aromatic carbocycles. The minimum absolute atomic E-state index is 0.277. The summed E-state index contributed by atoms with van der Waals surface area (Å²) in [5, 5.41) is 4.11. The molecule has 0 aliphatic heterocycles. The number of nitrogens with one attached hydrogen (secondary N) is 1. The highest BCUT2D eigenvalue weighted by atomic mass is 35.5. The molecule has 28 heavy (non-hydrogen) atoms. The molecule has 0 bridgehead atoms. The van der Waals surface area contributed by atoms with Crippen LogP contribution in [0.3, 0.4) is 0 Å². The third-order valence-corrected chi connectivity index (χ3v) is 5.59. The Bertz CT molecular complexity index is 1170. The second-order valence-corrected chi connectivity index (χ2v) is 7.38. The number of hydrogen-bond donors (Lipinski definition) is 1. The van der Waals surface area contributed by atoms with E-state index in [0.29, 0.717) is 32.2 Å². The van der Waals surface area contributed by atoms with Gasteiger partial charge in [-0.05, 0) is 19.9 Å². The number of aromatic nitrogens is 5. The standard InChI is InChI=1S/C19H15ClN6OS/c1-11-17(28-19(24-11)13-5-3-4-6-14(13)20)18(27)25-15-9-16(23-10-22-15)26-8-7-21-12(26)2/h3-10H,1-2H3,(H,22,23,25,27). The van der Waals surface area contributed by atoms with Gasteiger partial charge in [0, 0.05) is 24.0 Å². The summed E-state index contributed by atoms with van der Waals surface area (Å²) in [7, 11) is 0. The molecule has 0 radical (unpaired) electrons. The van der Waals surface area contributed by atoms with E-state index in [2.05, 4.69) is 25.3 Å². The molecule has 0 spiro atoms. The molecule has 1 amide bonds. The average Bonchev–Trinajstić information content (AvgIpc) is 3.28. The van der Waals surface area contributed by atoms with Crippen LogP contribution in [0.1, 0.15) is 21.2 Å². The highest BCUT2D eigenvalue weighted by Crippen LogP contribution is 2.33. The Labute approximate surface area is 170 Å². The molecular weight excluding hydrogens is 396 g/mol. The van der Waals surface area contributed by atoms with Crippen LogP contribution in [-0.2, 0) is 0 Å². The average molecular weight is 411 g/mol. The van der Waals surface area contributed by atoms with E-state index in [0.717, 1.165) is 11.4 Å². The van der Waals surface area contributed by atoms with Crippen molar-refractivity contribution in [3.63, 3.8) is 0 Å². The van der Waals surface area contributed by atoms with Gasteiger partial charge >= 0.3 is 0 Å². The summed E-state index contributed by atoms with van der Waals surface area (Å²) < 4.78 is 1.81. The van der Waals surface area contributed by atoms with Gasteiger partial charge in [0.2, 0.25) is 0 Å². The minimum Gasteiger partial charge on any atom is -0.306 e. The van der Waals surface area contributed by atoms with Crippen LogP contribution in [0.2, 0.25) is 5.02 Å². The van der Waals surface area contributed by atoms with E-state index >= 15 is 0 Å². The normalized spacial score (nSPS) is 10.8. The van der Waals surface area contributed by atoms with E-state index in [-0.39, 0.29) is 5.91 Å².